The molecule has 0 aliphatic rings. The van der Waals surface area contributed by atoms with Crippen molar-refractivity contribution in [2.45, 2.75) is 25.8 Å². The number of anilines is 1. The van der Waals surface area contributed by atoms with Crippen LogP contribution >= 0.6 is 0 Å². The summed E-state index contributed by atoms with van der Waals surface area (Å²) in [6, 6.07) is 37.3. The molecule has 0 radical (unpaired) electrons. The Balaban J connectivity index is 1.25. The second kappa shape index (κ2) is 12.4. The topological polar surface area (TPSA) is 30.5 Å². The summed E-state index contributed by atoms with van der Waals surface area (Å²) >= 11 is 0. The van der Waals surface area contributed by atoms with Gasteiger partial charge < -0.3 is 14.8 Å². The van der Waals surface area contributed by atoms with Crippen LogP contribution in [0, 0.1) is 0 Å². The third-order valence-corrected chi connectivity index (χ3v) is 5.50. The van der Waals surface area contributed by atoms with Crippen LogP contribution < -0.4 is 14.8 Å². The highest BCUT2D eigenvalue weighted by molar-refractivity contribution is 5.49. The molecule has 0 fully saturated rings. The van der Waals surface area contributed by atoms with Crippen LogP contribution in [0.5, 0.6) is 11.5 Å². The van der Waals surface area contributed by atoms with Gasteiger partial charge in [0.25, 0.3) is 0 Å². The molecule has 0 saturated carbocycles. The minimum atomic E-state index is 0.660. The van der Waals surface area contributed by atoms with E-state index in [1.165, 1.54) is 11.1 Å². The van der Waals surface area contributed by atoms with Gasteiger partial charge in [-0.05, 0) is 42.2 Å². The zero-order chi connectivity index (χ0) is 22.6. The van der Waals surface area contributed by atoms with Crippen molar-refractivity contribution in [2.75, 3.05) is 18.5 Å². The molecule has 0 aliphatic carbocycles. The van der Waals surface area contributed by atoms with E-state index in [9.17, 15) is 0 Å². The molecule has 0 bridgehead atoms. The van der Waals surface area contributed by atoms with Gasteiger partial charge >= 0.3 is 0 Å². The summed E-state index contributed by atoms with van der Waals surface area (Å²) in [4.78, 5) is 0. The van der Waals surface area contributed by atoms with Crippen molar-refractivity contribution in [3.8, 4) is 11.5 Å². The first-order valence-electron chi connectivity index (χ1n) is 11.6. The second-order valence-electron chi connectivity index (χ2n) is 8.01. The highest BCUT2D eigenvalue weighted by atomic mass is 16.5. The lowest BCUT2D eigenvalue weighted by Crippen LogP contribution is -2.06. The number of hydrogen-bond acceptors (Lipinski definition) is 3. The fourth-order valence-electron chi connectivity index (χ4n) is 3.72. The summed E-state index contributed by atoms with van der Waals surface area (Å²) in [5.74, 6) is 1.81. The molecule has 33 heavy (non-hydrogen) atoms. The van der Waals surface area contributed by atoms with E-state index in [1.54, 1.807) is 0 Å². The largest absolute Gasteiger partial charge is 0.494 e. The lowest BCUT2D eigenvalue weighted by Gasteiger charge is -2.14. The first kappa shape index (κ1) is 22.5. The smallest absolute Gasteiger partial charge is 0.124 e. The number of ether oxygens (including phenoxy) is 2. The fourth-order valence-corrected chi connectivity index (χ4v) is 3.72. The van der Waals surface area contributed by atoms with E-state index in [2.05, 4.69) is 72.0 Å². The molecule has 4 aromatic carbocycles. The maximum atomic E-state index is 6.09. The zero-order valence-electron chi connectivity index (χ0n) is 19.0. The van der Waals surface area contributed by atoms with E-state index in [-0.39, 0.29) is 0 Å². The van der Waals surface area contributed by atoms with Crippen molar-refractivity contribution in [1.82, 2.24) is 0 Å². The van der Waals surface area contributed by atoms with Gasteiger partial charge in [-0.25, -0.2) is 0 Å². The molecule has 0 unspecified atom stereocenters. The Morgan fingerprint density at radius 3 is 2.06 bits per heavy atom. The summed E-state index contributed by atoms with van der Waals surface area (Å²) in [5.41, 5.74) is 4.81. The molecular weight excluding hydrogens is 406 g/mol. The summed E-state index contributed by atoms with van der Waals surface area (Å²) in [6.07, 6.45) is 2.92. The molecular formula is C30H31NO2. The van der Waals surface area contributed by atoms with Crippen molar-refractivity contribution >= 4 is 5.69 Å². The standard InChI is InChI=1S/C30H31NO2/c1-3-11-25(12-4-1)15-10-21-32-29-18-9-17-28(23-29)31-24-27-16-7-8-19-30(27)33-22-20-26-13-5-2-6-14-26/h1-9,11-14,16-19,23,31H,10,15,20-22,24H2. The number of hydrogen-bond donors (Lipinski definition) is 1. The van der Waals surface area contributed by atoms with Crippen LogP contribution in [0.3, 0.4) is 0 Å². The monoisotopic (exact) mass is 437 g/mol. The van der Waals surface area contributed by atoms with Gasteiger partial charge in [0.2, 0.25) is 0 Å². The average molecular weight is 438 g/mol. The molecule has 0 spiro atoms. The lowest BCUT2D eigenvalue weighted by molar-refractivity contribution is 0.311. The van der Waals surface area contributed by atoms with Gasteiger partial charge in [-0.1, -0.05) is 84.9 Å². The molecule has 0 aromatic heterocycles. The molecule has 0 aliphatic heterocycles. The van der Waals surface area contributed by atoms with Gasteiger partial charge in [0.05, 0.1) is 13.2 Å². The minimum Gasteiger partial charge on any atom is -0.494 e. The summed E-state index contributed by atoms with van der Waals surface area (Å²) < 4.78 is 12.1. The van der Waals surface area contributed by atoms with E-state index in [0.29, 0.717) is 19.8 Å². The Morgan fingerprint density at radius 2 is 1.27 bits per heavy atom. The molecule has 0 heterocycles. The van der Waals surface area contributed by atoms with E-state index < -0.39 is 0 Å². The van der Waals surface area contributed by atoms with E-state index in [4.69, 9.17) is 9.47 Å². The molecule has 3 heteroatoms. The SMILES string of the molecule is c1ccc(CCCOc2cccc(NCc3ccccc3OCCc3ccccc3)c2)cc1. The third kappa shape index (κ3) is 7.43. The number of benzene rings is 4. The zero-order valence-corrected chi connectivity index (χ0v) is 19.0. The van der Waals surface area contributed by atoms with Gasteiger partial charge in [0.1, 0.15) is 11.5 Å². The van der Waals surface area contributed by atoms with Crippen molar-refractivity contribution in [3.05, 3.63) is 126 Å². The first-order chi connectivity index (χ1) is 16.4. The van der Waals surface area contributed by atoms with Crippen molar-refractivity contribution < 1.29 is 9.47 Å². The predicted molar refractivity (Wildman–Crippen MR) is 136 cm³/mol. The van der Waals surface area contributed by atoms with Gasteiger partial charge in [-0.2, -0.15) is 0 Å². The Kier molecular flexibility index (Phi) is 8.41. The second-order valence-corrected chi connectivity index (χ2v) is 8.01. The van der Waals surface area contributed by atoms with Crippen LogP contribution in [0.25, 0.3) is 0 Å². The Hall–Kier alpha value is -3.72. The van der Waals surface area contributed by atoms with Crippen LogP contribution in [0.4, 0.5) is 5.69 Å². The molecule has 168 valence electrons. The Labute approximate surface area is 197 Å². The number of para-hydroxylation sites is 1. The molecule has 3 nitrogen and oxygen atoms in total. The average Bonchev–Trinajstić information content (AvgIpc) is 2.88. The van der Waals surface area contributed by atoms with Crippen LogP contribution in [0.2, 0.25) is 0 Å². The predicted octanol–water partition coefficient (Wildman–Crippen LogP) is 6.93. The quantitative estimate of drug-likeness (QED) is 0.244. The third-order valence-electron chi connectivity index (χ3n) is 5.50. The Bertz CT molecular complexity index is 1100. The number of aryl methyl sites for hydroxylation is 1. The fraction of sp³-hybridized carbons (Fsp3) is 0.200. The van der Waals surface area contributed by atoms with Crippen LogP contribution in [-0.4, -0.2) is 13.2 Å². The molecule has 4 rings (SSSR count). The van der Waals surface area contributed by atoms with E-state index in [0.717, 1.165) is 42.0 Å². The molecule has 4 aromatic rings. The molecule has 0 amide bonds. The van der Waals surface area contributed by atoms with Crippen LogP contribution in [0.1, 0.15) is 23.1 Å². The maximum Gasteiger partial charge on any atom is 0.124 e. The van der Waals surface area contributed by atoms with E-state index in [1.807, 2.05) is 42.5 Å². The molecule has 1 N–H and O–H groups in total. The number of nitrogens with one attached hydrogen (secondary N) is 1. The first-order valence-corrected chi connectivity index (χ1v) is 11.6. The lowest BCUT2D eigenvalue weighted by atomic mass is 10.1. The highest BCUT2D eigenvalue weighted by Crippen LogP contribution is 2.22. The van der Waals surface area contributed by atoms with Crippen molar-refractivity contribution in [2.24, 2.45) is 0 Å². The minimum absolute atomic E-state index is 0.660. The molecule has 0 saturated heterocycles. The van der Waals surface area contributed by atoms with Gasteiger partial charge in [-0.15, -0.1) is 0 Å². The Morgan fingerprint density at radius 1 is 0.576 bits per heavy atom. The summed E-state index contributed by atoms with van der Waals surface area (Å²) in [5, 5.41) is 3.51. The highest BCUT2D eigenvalue weighted by Gasteiger charge is 2.04. The van der Waals surface area contributed by atoms with Crippen molar-refractivity contribution in [1.29, 1.82) is 0 Å². The van der Waals surface area contributed by atoms with Gasteiger partial charge in [0, 0.05) is 30.3 Å². The van der Waals surface area contributed by atoms with Crippen molar-refractivity contribution in [3.63, 3.8) is 0 Å². The normalized spacial score (nSPS) is 10.5. The summed E-state index contributed by atoms with van der Waals surface area (Å²) in [7, 11) is 0. The van der Waals surface area contributed by atoms with Gasteiger partial charge in [-0.3, -0.25) is 0 Å². The summed E-state index contributed by atoms with van der Waals surface area (Å²) in [6.45, 7) is 2.06. The van der Waals surface area contributed by atoms with Crippen LogP contribution in [-0.2, 0) is 19.4 Å². The maximum absolute atomic E-state index is 6.09. The molecule has 0 atom stereocenters. The number of rotatable bonds is 12. The van der Waals surface area contributed by atoms with Crippen LogP contribution in [0.15, 0.2) is 109 Å². The van der Waals surface area contributed by atoms with Gasteiger partial charge in [0.15, 0.2) is 0 Å². The van der Waals surface area contributed by atoms with E-state index >= 15 is 0 Å².